The molecule has 0 radical (unpaired) electrons. The summed E-state index contributed by atoms with van der Waals surface area (Å²) in [5.74, 6) is 0. The van der Waals surface area contributed by atoms with Crippen LogP contribution < -0.4 is 0 Å². The van der Waals surface area contributed by atoms with Gasteiger partial charge in [0.05, 0.1) is 11.6 Å². The lowest BCUT2D eigenvalue weighted by molar-refractivity contribution is -0.138. The predicted octanol–water partition coefficient (Wildman–Crippen LogP) is 1.30. The van der Waals surface area contributed by atoms with Crippen LogP contribution in [0, 0.1) is 0 Å². The molecule has 1 aliphatic heterocycles. The minimum absolute atomic E-state index is 0.268. The summed E-state index contributed by atoms with van der Waals surface area (Å²) in [6, 6.07) is 0. The van der Waals surface area contributed by atoms with Crippen LogP contribution in [0.5, 0.6) is 0 Å². The molecule has 20 heavy (non-hydrogen) atoms. The van der Waals surface area contributed by atoms with Crippen molar-refractivity contribution in [2.45, 2.75) is 38.0 Å². The Hall–Kier alpha value is -0.540. The standard InChI is InChI=1S/C12H17F2NO3S2/c1-7(19)3-4-15(8(2)20)11-9(14)10(17)12(5-13,6-16)18-11/h3-4,9-11,16-17H,5-6H2,1-2H3/b4-3-/t9-,10?,11+,12+/m0/s1. The van der Waals surface area contributed by atoms with Gasteiger partial charge in [-0.05, 0) is 19.9 Å². The molecule has 1 saturated heterocycles. The first kappa shape index (κ1) is 17.5. The highest BCUT2D eigenvalue weighted by Crippen LogP contribution is 2.35. The zero-order valence-electron chi connectivity index (χ0n) is 11.1. The van der Waals surface area contributed by atoms with Gasteiger partial charge in [-0.3, -0.25) is 0 Å². The van der Waals surface area contributed by atoms with E-state index in [1.165, 1.54) is 24.1 Å². The smallest absolute Gasteiger partial charge is 0.174 e. The molecule has 4 nitrogen and oxygen atoms in total. The topological polar surface area (TPSA) is 52.9 Å². The molecule has 1 unspecified atom stereocenters. The second kappa shape index (κ2) is 6.95. The number of thiocarbonyl (C=S) groups is 2. The Kier molecular flexibility index (Phi) is 6.08. The fourth-order valence-electron chi connectivity index (χ4n) is 1.87. The Morgan fingerprint density at radius 2 is 2.05 bits per heavy atom. The van der Waals surface area contributed by atoms with Gasteiger partial charge in [0.15, 0.2) is 18.0 Å². The summed E-state index contributed by atoms with van der Waals surface area (Å²) >= 11 is 9.87. The van der Waals surface area contributed by atoms with E-state index in [1.54, 1.807) is 6.92 Å². The highest BCUT2D eigenvalue weighted by Gasteiger charge is 2.57. The van der Waals surface area contributed by atoms with Crippen molar-refractivity contribution in [2.24, 2.45) is 0 Å². The fourth-order valence-corrected chi connectivity index (χ4v) is 2.09. The molecule has 114 valence electrons. The van der Waals surface area contributed by atoms with Crippen molar-refractivity contribution in [3.05, 3.63) is 12.3 Å². The Morgan fingerprint density at radius 1 is 1.45 bits per heavy atom. The minimum Gasteiger partial charge on any atom is -0.393 e. The van der Waals surface area contributed by atoms with E-state index in [-0.39, 0.29) is 4.99 Å². The lowest BCUT2D eigenvalue weighted by Crippen LogP contribution is -2.47. The maximum Gasteiger partial charge on any atom is 0.174 e. The quantitative estimate of drug-likeness (QED) is 0.587. The second-order valence-corrected chi connectivity index (χ2v) is 5.84. The van der Waals surface area contributed by atoms with Crippen LogP contribution in [0.15, 0.2) is 12.3 Å². The number of hydrogen-bond acceptors (Lipinski definition) is 5. The van der Waals surface area contributed by atoms with E-state index in [9.17, 15) is 19.0 Å². The number of nitrogens with zero attached hydrogens (tertiary/aromatic N) is 1. The van der Waals surface area contributed by atoms with Gasteiger partial charge in [0.25, 0.3) is 0 Å². The number of alkyl halides is 2. The van der Waals surface area contributed by atoms with E-state index in [4.69, 9.17) is 29.2 Å². The summed E-state index contributed by atoms with van der Waals surface area (Å²) in [4.78, 5) is 2.05. The molecule has 0 amide bonds. The molecule has 0 saturated carbocycles. The van der Waals surface area contributed by atoms with Crippen LogP contribution in [0.25, 0.3) is 0 Å². The summed E-state index contributed by atoms with van der Waals surface area (Å²) < 4.78 is 32.4. The number of allylic oxidation sites excluding steroid dienone is 1. The van der Waals surface area contributed by atoms with Gasteiger partial charge in [-0.1, -0.05) is 24.4 Å². The molecule has 1 aliphatic rings. The maximum absolute atomic E-state index is 14.2. The van der Waals surface area contributed by atoms with Crippen molar-refractivity contribution >= 4 is 34.3 Å². The summed E-state index contributed by atoms with van der Waals surface area (Å²) in [6.45, 7) is 1.17. The highest BCUT2D eigenvalue weighted by atomic mass is 32.1. The summed E-state index contributed by atoms with van der Waals surface area (Å²) in [6.07, 6.45) is -2.06. The minimum atomic E-state index is -1.96. The predicted molar refractivity (Wildman–Crippen MR) is 79.1 cm³/mol. The van der Waals surface area contributed by atoms with E-state index in [0.29, 0.717) is 4.86 Å². The van der Waals surface area contributed by atoms with E-state index < -0.39 is 37.4 Å². The zero-order valence-corrected chi connectivity index (χ0v) is 12.8. The van der Waals surface area contributed by atoms with Crippen LogP contribution in [0.3, 0.4) is 0 Å². The Morgan fingerprint density at radius 3 is 2.40 bits per heavy atom. The van der Waals surface area contributed by atoms with Crippen LogP contribution in [-0.4, -0.2) is 62.4 Å². The zero-order chi connectivity index (χ0) is 15.5. The maximum atomic E-state index is 14.2. The third-order valence-electron chi connectivity index (χ3n) is 3.07. The molecule has 0 aromatic carbocycles. The molecule has 0 aromatic rings. The molecule has 0 aliphatic carbocycles. The number of aliphatic hydroxyl groups excluding tert-OH is 2. The van der Waals surface area contributed by atoms with E-state index in [1.807, 2.05) is 0 Å². The van der Waals surface area contributed by atoms with Crippen molar-refractivity contribution in [3.8, 4) is 0 Å². The molecule has 2 N–H and O–H groups in total. The average Bonchev–Trinajstić information content (AvgIpc) is 2.64. The van der Waals surface area contributed by atoms with Crippen LogP contribution >= 0.6 is 24.4 Å². The first-order valence-corrected chi connectivity index (χ1v) is 6.75. The third kappa shape index (κ3) is 3.37. The first-order valence-electron chi connectivity index (χ1n) is 5.93. The van der Waals surface area contributed by atoms with Crippen molar-refractivity contribution in [2.75, 3.05) is 13.3 Å². The SMILES string of the molecule is CC(=S)/C=C\N(C(C)=S)[C@@H]1O[C@@](CO)(CF)C(O)[C@@H]1F. The van der Waals surface area contributed by atoms with Gasteiger partial charge in [0.2, 0.25) is 0 Å². The molecule has 1 heterocycles. The highest BCUT2D eigenvalue weighted by molar-refractivity contribution is 7.80. The number of aliphatic hydroxyl groups is 2. The lowest BCUT2D eigenvalue weighted by atomic mass is 9.98. The van der Waals surface area contributed by atoms with E-state index in [0.717, 1.165) is 0 Å². The van der Waals surface area contributed by atoms with Gasteiger partial charge in [-0.15, -0.1) is 0 Å². The number of hydrogen-bond donors (Lipinski definition) is 2. The summed E-state index contributed by atoms with van der Waals surface area (Å²) in [5.41, 5.74) is -1.96. The number of rotatable bonds is 5. The first-order chi connectivity index (χ1) is 9.29. The molecule has 0 bridgehead atoms. The molecular weight excluding hydrogens is 308 g/mol. The van der Waals surface area contributed by atoms with Crippen LogP contribution in [0.1, 0.15) is 13.8 Å². The van der Waals surface area contributed by atoms with Gasteiger partial charge < -0.3 is 19.8 Å². The van der Waals surface area contributed by atoms with Crippen molar-refractivity contribution in [3.63, 3.8) is 0 Å². The van der Waals surface area contributed by atoms with Crippen LogP contribution in [0.2, 0.25) is 0 Å². The number of halogens is 2. The Bertz CT molecular complexity index is 416. The van der Waals surface area contributed by atoms with Gasteiger partial charge in [0.1, 0.15) is 12.8 Å². The lowest BCUT2D eigenvalue weighted by Gasteiger charge is -2.29. The summed E-state index contributed by atoms with van der Waals surface area (Å²) in [7, 11) is 0. The molecule has 0 aromatic heterocycles. The molecule has 1 rings (SSSR count). The summed E-state index contributed by atoms with van der Waals surface area (Å²) in [5, 5.41) is 18.9. The van der Waals surface area contributed by atoms with Crippen LogP contribution in [-0.2, 0) is 4.74 Å². The molecular formula is C12H17F2NO3S2. The monoisotopic (exact) mass is 325 g/mol. The molecule has 0 spiro atoms. The largest absolute Gasteiger partial charge is 0.393 e. The number of ether oxygens (including phenoxy) is 1. The Labute approximate surface area is 127 Å². The third-order valence-corrected chi connectivity index (χ3v) is 3.42. The van der Waals surface area contributed by atoms with Crippen molar-refractivity contribution in [1.82, 2.24) is 4.90 Å². The van der Waals surface area contributed by atoms with E-state index in [2.05, 4.69) is 0 Å². The second-order valence-electron chi connectivity index (χ2n) is 4.61. The fraction of sp³-hybridized carbons (Fsp3) is 0.667. The normalized spacial score (nSPS) is 33.6. The van der Waals surface area contributed by atoms with Crippen molar-refractivity contribution in [1.29, 1.82) is 0 Å². The molecule has 1 fully saturated rings. The molecule has 4 atom stereocenters. The van der Waals surface area contributed by atoms with Gasteiger partial charge in [-0.25, -0.2) is 8.78 Å². The van der Waals surface area contributed by atoms with Gasteiger partial charge in [0, 0.05) is 11.1 Å². The van der Waals surface area contributed by atoms with Gasteiger partial charge in [-0.2, -0.15) is 0 Å². The van der Waals surface area contributed by atoms with E-state index >= 15 is 0 Å². The molecule has 8 heteroatoms. The average molecular weight is 325 g/mol. The van der Waals surface area contributed by atoms with Gasteiger partial charge >= 0.3 is 0 Å². The van der Waals surface area contributed by atoms with Crippen molar-refractivity contribution < 1.29 is 23.7 Å². The Balaban J connectivity index is 3.04. The van der Waals surface area contributed by atoms with Crippen LogP contribution in [0.4, 0.5) is 8.78 Å².